The lowest BCUT2D eigenvalue weighted by molar-refractivity contribution is -0.136. The van der Waals surface area contributed by atoms with E-state index >= 15 is 0 Å². The lowest BCUT2D eigenvalue weighted by Crippen LogP contribution is -2.47. The number of anilines is 1. The van der Waals surface area contributed by atoms with E-state index < -0.39 is 0 Å². The van der Waals surface area contributed by atoms with Crippen LogP contribution < -0.4 is 5.32 Å². The van der Waals surface area contributed by atoms with Gasteiger partial charge in [0.25, 0.3) is 0 Å². The van der Waals surface area contributed by atoms with Gasteiger partial charge < -0.3 is 15.1 Å². The molecule has 0 saturated carbocycles. The van der Waals surface area contributed by atoms with Crippen LogP contribution in [0.5, 0.6) is 0 Å². The molecule has 1 aromatic carbocycles. The number of rotatable bonds is 5. The summed E-state index contributed by atoms with van der Waals surface area (Å²) in [4.78, 5) is 28.9. The molecule has 1 aliphatic rings. The first-order valence-corrected chi connectivity index (χ1v) is 9.56. The van der Waals surface area contributed by atoms with E-state index in [0.717, 1.165) is 29.8 Å². The molecule has 27 heavy (non-hydrogen) atoms. The number of piperidine rings is 1. The molecule has 7 nitrogen and oxygen atoms in total. The Balaban J connectivity index is 1.64. The third-order valence-corrected chi connectivity index (χ3v) is 5.06. The molecule has 1 aromatic heterocycles. The molecular weight excluding hydrogens is 342 g/mol. The van der Waals surface area contributed by atoms with Gasteiger partial charge in [0.15, 0.2) is 0 Å². The molecule has 144 valence electrons. The number of nitrogens with zero attached hydrogens (tertiary/aromatic N) is 3. The number of likely N-dealkylation sites (tertiary alicyclic amines) is 1. The minimum absolute atomic E-state index is 0.110. The molecule has 0 spiro atoms. The summed E-state index contributed by atoms with van der Waals surface area (Å²) in [5.41, 5.74) is 2.58. The van der Waals surface area contributed by atoms with Gasteiger partial charge in [0, 0.05) is 43.6 Å². The van der Waals surface area contributed by atoms with Crippen LogP contribution in [0, 0.1) is 5.92 Å². The number of benzene rings is 1. The predicted octanol–water partition coefficient (Wildman–Crippen LogP) is 3.19. The smallest absolute Gasteiger partial charge is 0.321 e. The Kier molecular flexibility index (Phi) is 6.11. The molecule has 1 unspecified atom stereocenters. The van der Waals surface area contributed by atoms with Gasteiger partial charge in [-0.2, -0.15) is 5.10 Å². The molecule has 1 atom stereocenters. The summed E-state index contributed by atoms with van der Waals surface area (Å²) in [5, 5.41) is 9.84. The number of hydrogen-bond acceptors (Lipinski definition) is 3. The summed E-state index contributed by atoms with van der Waals surface area (Å²) in [7, 11) is 0. The Labute approximate surface area is 159 Å². The van der Waals surface area contributed by atoms with Crippen LogP contribution >= 0.6 is 0 Å². The molecule has 0 radical (unpaired) electrons. The SMILES string of the molecule is CCN(CC)C(=O)C1CCCN(C(=O)Nc2cccc(-c3ccn[nH]3)c2)C1. The fourth-order valence-corrected chi connectivity index (χ4v) is 3.54. The molecular formula is C20H27N5O2. The number of nitrogens with one attached hydrogen (secondary N) is 2. The summed E-state index contributed by atoms with van der Waals surface area (Å²) in [5.74, 6) is 0.0412. The van der Waals surface area contributed by atoms with Crippen LogP contribution in [-0.2, 0) is 4.79 Å². The molecule has 1 aliphatic heterocycles. The Morgan fingerprint density at radius 3 is 2.81 bits per heavy atom. The number of urea groups is 1. The maximum absolute atomic E-state index is 12.7. The van der Waals surface area contributed by atoms with Crippen molar-refractivity contribution in [2.24, 2.45) is 5.92 Å². The predicted molar refractivity (Wildman–Crippen MR) is 105 cm³/mol. The monoisotopic (exact) mass is 369 g/mol. The fourth-order valence-electron chi connectivity index (χ4n) is 3.54. The van der Waals surface area contributed by atoms with Crippen molar-refractivity contribution in [1.29, 1.82) is 0 Å². The van der Waals surface area contributed by atoms with Gasteiger partial charge in [-0.1, -0.05) is 12.1 Å². The average molecular weight is 369 g/mol. The lowest BCUT2D eigenvalue weighted by atomic mass is 9.96. The summed E-state index contributed by atoms with van der Waals surface area (Å²) < 4.78 is 0. The Hall–Kier alpha value is -2.83. The molecule has 3 amide bonds. The maximum Gasteiger partial charge on any atom is 0.321 e. The van der Waals surface area contributed by atoms with Gasteiger partial charge in [0.05, 0.1) is 11.6 Å². The number of hydrogen-bond donors (Lipinski definition) is 2. The number of H-pyrrole nitrogens is 1. The van der Waals surface area contributed by atoms with E-state index in [1.165, 1.54) is 0 Å². The van der Waals surface area contributed by atoms with Gasteiger partial charge in [0.1, 0.15) is 0 Å². The number of aromatic nitrogens is 2. The summed E-state index contributed by atoms with van der Waals surface area (Å²) in [6.07, 6.45) is 3.38. The van der Waals surface area contributed by atoms with E-state index in [1.807, 2.05) is 49.1 Å². The van der Waals surface area contributed by atoms with Gasteiger partial charge in [-0.15, -0.1) is 0 Å². The van der Waals surface area contributed by atoms with E-state index in [1.54, 1.807) is 11.1 Å². The maximum atomic E-state index is 12.7. The second-order valence-corrected chi connectivity index (χ2v) is 6.78. The molecule has 2 aromatic rings. The first-order valence-electron chi connectivity index (χ1n) is 9.56. The number of carbonyl (C=O) groups excluding carboxylic acids is 2. The van der Waals surface area contributed by atoms with E-state index in [9.17, 15) is 9.59 Å². The second kappa shape index (κ2) is 8.70. The molecule has 7 heteroatoms. The third kappa shape index (κ3) is 4.48. The standard InChI is InChI=1S/C20H27N5O2/c1-3-24(4-2)19(26)16-8-6-12-25(14-16)20(27)22-17-9-5-7-15(13-17)18-10-11-21-23-18/h5,7,9-11,13,16H,3-4,6,8,12,14H2,1-2H3,(H,21,23)(H,22,27). The van der Waals surface area contributed by atoms with Crippen LogP contribution in [0.1, 0.15) is 26.7 Å². The van der Waals surface area contributed by atoms with Crippen LogP contribution in [-0.4, -0.2) is 58.1 Å². The highest BCUT2D eigenvalue weighted by Crippen LogP contribution is 2.22. The Morgan fingerprint density at radius 2 is 2.11 bits per heavy atom. The van der Waals surface area contributed by atoms with Gasteiger partial charge >= 0.3 is 6.03 Å². The highest BCUT2D eigenvalue weighted by molar-refractivity contribution is 5.90. The quantitative estimate of drug-likeness (QED) is 0.849. The largest absolute Gasteiger partial charge is 0.343 e. The van der Waals surface area contributed by atoms with Crippen molar-refractivity contribution in [2.45, 2.75) is 26.7 Å². The number of carbonyl (C=O) groups is 2. The Morgan fingerprint density at radius 1 is 1.30 bits per heavy atom. The second-order valence-electron chi connectivity index (χ2n) is 6.78. The van der Waals surface area contributed by atoms with Crippen molar-refractivity contribution in [3.05, 3.63) is 36.5 Å². The molecule has 3 rings (SSSR count). The molecule has 1 fully saturated rings. The van der Waals surface area contributed by atoms with Gasteiger partial charge in [-0.05, 0) is 44.9 Å². The van der Waals surface area contributed by atoms with Gasteiger partial charge in [0.2, 0.25) is 5.91 Å². The zero-order valence-corrected chi connectivity index (χ0v) is 15.9. The van der Waals surface area contributed by atoms with Gasteiger partial charge in [-0.25, -0.2) is 4.79 Å². The highest BCUT2D eigenvalue weighted by atomic mass is 16.2. The fraction of sp³-hybridized carbons (Fsp3) is 0.450. The molecule has 0 bridgehead atoms. The van der Waals surface area contributed by atoms with E-state index in [4.69, 9.17) is 0 Å². The average Bonchev–Trinajstić information content (AvgIpc) is 3.24. The zero-order chi connectivity index (χ0) is 19.2. The summed E-state index contributed by atoms with van der Waals surface area (Å²) in [6, 6.07) is 9.36. The van der Waals surface area contributed by atoms with E-state index in [0.29, 0.717) is 26.2 Å². The Bertz CT molecular complexity index is 770. The van der Waals surface area contributed by atoms with Crippen molar-refractivity contribution in [1.82, 2.24) is 20.0 Å². The van der Waals surface area contributed by atoms with Crippen LogP contribution in [0.3, 0.4) is 0 Å². The topological polar surface area (TPSA) is 81.3 Å². The lowest BCUT2D eigenvalue weighted by Gasteiger charge is -2.34. The van der Waals surface area contributed by atoms with Crippen LogP contribution in [0.4, 0.5) is 10.5 Å². The molecule has 2 heterocycles. The van der Waals surface area contributed by atoms with Crippen LogP contribution in [0.25, 0.3) is 11.3 Å². The summed E-state index contributed by atoms with van der Waals surface area (Å²) in [6.45, 7) is 6.54. The van der Waals surface area contributed by atoms with Crippen molar-refractivity contribution in [3.8, 4) is 11.3 Å². The zero-order valence-electron chi connectivity index (χ0n) is 15.9. The summed E-state index contributed by atoms with van der Waals surface area (Å²) >= 11 is 0. The van der Waals surface area contributed by atoms with Crippen LogP contribution in [0.15, 0.2) is 36.5 Å². The molecule has 1 saturated heterocycles. The van der Waals surface area contributed by atoms with Crippen molar-refractivity contribution in [2.75, 3.05) is 31.5 Å². The first-order chi connectivity index (χ1) is 13.1. The normalized spacial score (nSPS) is 16.8. The van der Waals surface area contributed by atoms with Crippen molar-refractivity contribution in [3.63, 3.8) is 0 Å². The molecule has 2 N–H and O–H groups in total. The van der Waals surface area contributed by atoms with Crippen molar-refractivity contribution >= 4 is 17.6 Å². The minimum Gasteiger partial charge on any atom is -0.343 e. The van der Waals surface area contributed by atoms with Crippen molar-refractivity contribution < 1.29 is 9.59 Å². The molecule has 0 aliphatic carbocycles. The van der Waals surface area contributed by atoms with E-state index in [2.05, 4.69) is 15.5 Å². The van der Waals surface area contributed by atoms with Gasteiger partial charge in [-0.3, -0.25) is 9.89 Å². The third-order valence-electron chi connectivity index (χ3n) is 5.06. The van der Waals surface area contributed by atoms with E-state index in [-0.39, 0.29) is 17.9 Å². The van der Waals surface area contributed by atoms with Crippen LogP contribution in [0.2, 0.25) is 0 Å². The number of amides is 3. The highest BCUT2D eigenvalue weighted by Gasteiger charge is 2.30. The minimum atomic E-state index is -0.159. The first kappa shape index (κ1) is 18.9. The number of aromatic amines is 1.